The van der Waals surface area contributed by atoms with Crippen molar-refractivity contribution < 1.29 is 61.6 Å². The fourth-order valence-electron chi connectivity index (χ4n) is 3.40. The minimum absolute atomic E-state index is 0.438. The maximum Gasteiger partial charge on any atom is 0.142 e. The number of para-hydroxylation sites is 2. The molecule has 0 aromatic heterocycles. The van der Waals surface area contributed by atoms with Crippen LogP contribution in [0.1, 0.15) is 0 Å². The van der Waals surface area contributed by atoms with E-state index in [-0.39, 0.29) is 0 Å². The average molecular weight is 792 g/mol. The minimum Gasteiger partial charge on any atom is -0.489 e. The molecule has 0 fully saturated rings. The molecular formula is C32H58INO13. The van der Waals surface area contributed by atoms with E-state index in [0.29, 0.717) is 170 Å². The molecule has 0 bridgehead atoms. The van der Waals surface area contributed by atoms with Gasteiger partial charge in [-0.25, -0.2) is 0 Å². The van der Waals surface area contributed by atoms with Crippen molar-refractivity contribution in [2.75, 3.05) is 175 Å². The fraction of sp³-hybridized carbons (Fsp3) is 0.812. The quantitative estimate of drug-likeness (QED) is 0.0451. The minimum atomic E-state index is 0.438. The van der Waals surface area contributed by atoms with Crippen molar-refractivity contribution >= 4 is 28.3 Å². The van der Waals surface area contributed by atoms with E-state index < -0.39 is 0 Å². The summed E-state index contributed by atoms with van der Waals surface area (Å²) in [4.78, 5) is 0. The van der Waals surface area contributed by atoms with Crippen molar-refractivity contribution in [3.63, 3.8) is 0 Å². The summed E-state index contributed by atoms with van der Waals surface area (Å²) in [5, 5.41) is 0. The van der Waals surface area contributed by atoms with Gasteiger partial charge in [-0.15, -0.1) is 0 Å². The standard InChI is InChI=1S/C32H58INO13/c33-5-6-35-7-8-36-9-10-37-11-12-38-13-14-39-15-16-40-17-18-41-19-20-42-21-22-43-23-24-44-25-26-45-27-28-46-29-30-47-32-4-2-1-3-31(32)34/h1-4H,5-30,34H2. The van der Waals surface area contributed by atoms with Gasteiger partial charge < -0.3 is 67.3 Å². The predicted octanol–water partition coefficient (Wildman–Crippen LogP) is 2.28. The molecule has 0 spiro atoms. The highest BCUT2D eigenvalue weighted by atomic mass is 127. The Balaban J connectivity index is 1.62. The second kappa shape index (κ2) is 37.9. The zero-order chi connectivity index (χ0) is 33.6. The maximum atomic E-state index is 5.82. The third-order valence-corrected chi connectivity index (χ3v) is 6.16. The van der Waals surface area contributed by atoms with E-state index in [1.54, 1.807) is 6.07 Å². The van der Waals surface area contributed by atoms with Gasteiger partial charge in [0, 0.05) is 4.43 Å². The fourth-order valence-corrected chi connectivity index (χ4v) is 3.71. The molecule has 47 heavy (non-hydrogen) atoms. The van der Waals surface area contributed by atoms with Crippen LogP contribution in [0.25, 0.3) is 0 Å². The molecule has 0 heterocycles. The number of benzene rings is 1. The highest BCUT2D eigenvalue weighted by Crippen LogP contribution is 2.19. The van der Waals surface area contributed by atoms with Gasteiger partial charge in [-0.2, -0.15) is 0 Å². The van der Waals surface area contributed by atoms with Crippen molar-refractivity contribution in [1.29, 1.82) is 0 Å². The van der Waals surface area contributed by atoms with Crippen molar-refractivity contribution in [3.05, 3.63) is 24.3 Å². The largest absolute Gasteiger partial charge is 0.489 e. The molecule has 0 aliphatic heterocycles. The van der Waals surface area contributed by atoms with E-state index in [1.807, 2.05) is 18.2 Å². The lowest BCUT2D eigenvalue weighted by Crippen LogP contribution is -2.15. The third kappa shape index (κ3) is 33.3. The van der Waals surface area contributed by atoms with E-state index in [2.05, 4.69) is 22.6 Å². The molecule has 1 rings (SSSR count). The van der Waals surface area contributed by atoms with Gasteiger partial charge in [0.1, 0.15) is 12.4 Å². The topological polar surface area (TPSA) is 146 Å². The van der Waals surface area contributed by atoms with Gasteiger partial charge in [0.15, 0.2) is 0 Å². The molecule has 1 aromatic rings. The summed E-state index contributed by atoms with van der Waals surface area (Å²) < 4.78 is 72.0. The van der Waals surface area contributed by atoms with Crippen LogP contribution >= 0.6 is 22.6 Å². The summed E-state index contributed by atoms with van der Waals surface area (Å²) in [5.74, 6) is 0.668. The summed E-state index contributed by atoms with van der Waals surface area (Å²) in [5.41, 5.74) is 6.44. The zero-order valence-corrected chi connectivity index (χ0v) is 30.1. The van der Waals surface area contributed by atoms with Gasteiger partial charge in [-0.05, 0) is 12.1 Å². The molecule has 0 radical (unpaired) electrons. The van der Waals surface area contributed by atoms with Crippen molar-refractivity contribution in [2.45, 2.75) is 0 Å². The maximum absolute atomic E-state index is 5.82. The molecule has 14 nitrogen and oxygen atoms in total. The van der Waals surface area contributed by atoms with Crippen LogP contribution in [0.5, 0.6) is 5.75 Å². The first-order chi connectivity index (χ1) is 23.3. The van der Waals surface area contributed by atoms with E-state index in [4.69, 9.17) is 67.3 Å². The van der Waals surface area contributed by atoms with E-state index in [9.17, 15) is 0 Å². The second-order valence-electron chi connectivity index (χ2n) is 9.42. The summed E-state index contributed by atoms with van der Waals surface area (Å²) in [6.45, 7) is 13.2. The highest BCUT2D eigenvalue weighted by molar-refractivity contribution is 14.1. The van der Waals surface area contributed by atoms with Crippen LogP contribution in [0.15, 0.2) is 24.3 Å². The van der Waals surface area contributed by atoms with Crippen molar-refractivity contribution in [1.82, 2.24) is 0 Å². The summed E-state index contributed by atoms with van der Waals surface area (Å²) in [6, 6.07) is 7.38. The number of rotatable bonds is 39. The number of nitrogens with two attached hydrogens (primary N) is 1. The van der Waals surface area contributed by atoms with Crippen LogP contribution in [-0.4, -0.2) is 170 Å². The first-order valence-corrected chi connectivity index (χ1v) is 17.8. The number of hydrogen-bond donors (Lipinski definition) is 1. The van der Waals surface area contributed by atoms with Crippen LogP contribution in [0.3, 0.4) is 0 Å². The zero-order valence-electron chi connectivity index (χ0n) is 28.0. The number of nitrogen functional groups attached to an aromatic ring is 1. The summed E-state index contributed by atoms with van der Waals surface area (Å²) in [6.07, 6.45) is 0. The molecule has 2 N–H and O–H groups in total. The Kier molecular flexibility index (Phi) is 35.5. The molecule has 0 aliphatic rings. The lowest BCUT2D eigenvalue weighted by atomic mass is 10.3. The lowest BCUT2D eigenvalue weighted by molar-refractivity contribution is -0.0284. The predicted molar refractivity (Wildman–Crippen MR) is 185 cm³/mol. The first-order valence-electron chi connectivity index (χ1n) is 16.3. The molecule has 0 aliphatic carbocycles. The highest BCUT2D eigenvalue weighted by Gasteiger charge is 1.99. The van der Waals surface area contributed by atoms with Gasteiger partial charge in [-0.1, -0.05) is 34.7 Å². The molecule has 0 unspecified atom stereocenters. The lowest BCUT2D eigenvalue weighted by Gasteiger charge is -2.10. The molecule has 15 heteroatoms. The van der Waals surface area contributed by atoms with Gasteiger partial charge in [-0.3, -0.25) is 0 Å². The molecule has 0 amide bonds. The first kappa shape index (κ1) is 44.1. The Labute approximate surface area is 294 Å². The molecule has 0 atom stereocenters. The normalized spacial score (nSPS) is 11.4. The molecule has 0 saturated carbocycles. The van der Waals surface area contributed by atoms with Crippen LogP contribution in [0, 0.1) is 0 Å². The van der Waals surface area contributed by atoms with Gasteiger partial charge in [0.2, 0.25) is 0 Å². The van der Waals surface area contributed by atoms with Gasteiger partial charge in [0.05, 0.1) is 164 Å². The van der Waals surface area contributed by atoms with Crippen LogP contribution in [0.4, 0.5) is 5.69 Å². The number of ether oxygens (including phenoxy) is 13. The van der Waals surface area contributed by atoms with Crippen molar-refractivity contribution in [2.24, 2.45) is 0 Å². The number of alkyl halides is 1. The Morgan fingerprint density at radius 1 is 0.340 bits per heavy atom. The molecule has 0 saturated heterocycles. The van der Waals surface area contributed by atoms with Crippen molar-refractivity contribution in [3.8, 4) is 5.75 Å². The van der Waals surface area contributed by atoms with E-state index in [0.717, 1.165) is 11.0 Å². The third-order valence-electron chi connectivity index (χ3n) is 5.72. The Morgan fingerprint density at radius 2 is 0.574 bits per heavy atom. The Bertz CT molecular complexity index is 757. The Morgan fingerprint density at radius 3 is 0.830 bits per heavy atom. The van der Waals surface area contributed by atoms with E-state index >= 15 is 0 Å². The van der Waals surface area contributed by atoms with Crippen LogP contribution in [-0.2, 0) is 56.8 Å². The van der Waals surface area contributed by atoms with Crippen LogP contribution in [0.2, 0.25) is 0 Å². The van der Waals surface area contributed by atoms with E-state index in [1.165, 1.54) is 0 Å². The second-order valence-corrected chi connectivity index (χ2v) is 10.5. The Hall–Kier alpha value is -0.930. The van der Waals surface area contributed by atoms with Crippen LogP contribution < -0.4 is 10.5 Å². The van der Waals surface area contributed by atoms with Gasteiger partial charge in [0.25, 0.3) is 0 Å². The SMILES string of the molecule is Nc1ccccc1OCCOCCOCCOCCOCCOCCOCCOCCOCCOCCOCCOCCOCCI. The molecule has 1 aromatic carbocycles. The van der Waals surface area contributed by atoms with Gasteiger partial charge >= 0.3 is 0 Å². The summed E-state index contributed by atoms with van der Waals surface area (Å²) >= 11 is 2.28. The summed E-state index contributed by atoms with van der Waals surface area (Å²) in [7, 11) is 0. The number of anilines is 1. The average Bonchev–Trinajstić information content (AvgIpc) is 3.08. The monoisotopic (exact) mass is 791 g/mol. The number of halogens is 1. The molecule has 276 valence electrons. The smallest absolute Gasteiger partial charge is 0.142 e. The number of hydrogen-bond acceptors (Lipinski definition) is 14. The molecular weight excluding hydrogens is 733 g/mol.